The number of carbonyl (C=O) groups is 5. The van der Waals surface area contributed by atoms with Crippen LogP contribution in [0.15, 0.2) is 30.4 Å². The molecule has 1 saturated heterocycles. The number of ether oxygens (including phenoxy) is 1. The van der Waals surface area contributed by atoms with Crippen LogP contribution in [0.1, 0.15) is 82.8 Å². The molecular formula is C34H46FN5O9S. The standard InChI is InChI=1S/C34H46FN5O9S/c1-34(2,46)32(44)37-27(12-7-5-3-4-6-9-20-15-24(20)30(42)38-50(47,48)23-13-14-23)31(43)40-18-22(16-28(40)29(36)41)49-33(45)39-17-21-10-8-11-26(35)25(21)19-39/h6,8-11,20,22-24,27-28,46H,3-5,7,12-19H2,1-2H3,(H2,36,41)(H,37,44)(H,38,42)/b9-6-/t20-,22?,24+,27+,28+/m1/s1. The molecule has 0 aromatic heterocycles. The van der Waals surface area contributed by atoms with E-state index in [4.69, 9.17) is 10.5 Å². The van der Waals surface area contributed by atoms with E-state index in [0.717, 1.165) is 6.42 Å². The smallest absolute Gasteiger partial charge is 0.410 e. The SMILES string of the molecule is CC(C)(O)C(=O)N[C@@H](CCCCC/C=C\[C@@H]1C[C@@H]1C(=O)NS(=O)(=O)C1CC1)C(=O)N1CC(OC(=O)N2Cc3cccc(F)c3C2)C[C@H]1C(N)=O. The molecular weight excluding hydrogens is 673 g/mol. The number of benzene rings is 1. The second kappa shape index (κ2) is 15.1. The molecule has 2 saturated carbocycles. The lowest BCUT2D eigenvalue weighted by molar-refractivity contribution is -0.144. The van der Waals surface area contributed by atoms with Gasteiger partial charge in [-0.25, -0.2) is 17.6 Å². The lowest BCUT2D eigenvalue weighted by Gasteiger charge is -2.29. The molecule has 2 heterocycles. The highest BCUT2D eigenvalue weighted by Gasteiger charge is 2.46. The van der Waals surface area contributed by atoms with Crippen molar-refractivity contribution < 1.29 is 46.6 Å². The first-order chi connectivity index (χ1) is 23.5. The first-order valence-electron chi connectivity index (χ1n) is 17.1. The second-order valence-electron chi connectivity index (χ2n) is 14.3. The summed E-state index contributed by atoms with van der Waals surface area (Å²) in [6.07, 6.45) is 6.85. The van der Waals surface area contributed by atoms with Crippen molar-refractivity contribution in [2.75, 3.05) is 6.54 Å². The van der Waals surface area contributed by atoms with Gasteiger partial charge in [-0.3, -0.25) is 28.8 Å². The minimum atomic E-state index is -3.56. The minimum absolute atomic E-state index is 0.000126. The third-order valence-corrected chi connectivity index (χ3v) is 11.4. The van der Waals surface area contributed by atoms with Crippen LogP contribution in [0.4, 0.5) is 9.18 Å². The molecule has 2 aliphatic carbocycles. The van der Waals surface area contributed by atoms with Crippen LogP contribution in [-0.2, 0) is 47.0 Å². The zero-order valence-electron chi connectivity index (χ0n) is 28.3. The summed E-state index contributed by atoms with van der Waals surface area (Å²) in [7, 11) is -3.56. The third kappa shape index (κ3) is 9.19. The molecule has 3 fully saturated rings. The number of nitrogens with two attached hydrogens (primary N) is 1. The normalized spacial score (nSPS) is 23.8. The summed E-state index contributed by atoms with van der Waals surface area (Å²) in [5.41, 5.74) is 4.94. The highest BCUT2D eigenvalue weighted by atomic mass is 32.2. The minimum Gasteiger partial charge on any atom is -0.444 e. The highest BCUT2D eigenvalue weighted by Crippen LogP contribution is 2.40. The van der Waals surface area contributed by atoms with Crippen LogP contribution in [0.25, 0.3) is 0 Å². The van der Waals surface area contributed by atoms with E-state index < -0.39 is 74.6 Å². The number of unbranched alkanes of at least 4 members (excludes halogenated alkanes) is 3. The Morgan fingerprint density at radius 2 is 1.86 bits per heavy atom. The van der Waals surface area contributed by atoms with Gasteiger partial charge in [-0.15, -0.1) is 0 Å². The van der Waals surface area contributed by atoms with Gasteiger partial charge in [0.25, 0.3) is 5.91 Å². The van der Waals surface area contributed by atoms with E-state index in [0.29, 0.717) is 49.7 Å². The van der Waals surface area contributed by atoms with Crippen molar-refractivity contribution in [2.45, 2.75) is 114 Å². The summed E-state index contributed by atoms with van der Waals surface area (Å²) in [6.45, 7) is 2.63. The lowest BCUT2D eigenvalue weighted by Crippen LogP contribution is -2.55. The molecule has 5 rings (SSSR count). The predicted molar refractivity (Wildman–Crippen MR) is 177 cm³/mol. The molecule has 14 nitrogen and oxygen atoms in total. The van der Waals surface area contributed by atoms with Crippen LogP contribution in [0.2, 0.25) is 0 Å². The summed E-state index contributed by atoms with van der Waals surface area (Å²) in [5, 5.41) is 12.4. The fraction of sp³-hybridized carbons (Fsp3) is 0.618. The monoisotopic (exact) mass is 719 g/mol. The van der Waals surface area contributed by atoms with Crippen molar-refractivity contribution in [1.29, 1.82) is 0 Å². The van der Waals surface area contributed by atoms with Gasteiger partial charge in [0.05, 0.1) is 18.3 Å². The van der Waals surface area contributed by atoms with Crippen molar-refractivity contribution in [1.82, 2.24) is 19.8 Å². The number of primary amides is 1. The molecule has 5 amide bonds. The van der Waals surface area contributed by atoms with Gasteiger partial charge in [0.1, 0.15) is 29.6 Å². The molecule has 5 N–H and O–H groups in total. The molecule has 0 spiro atoms. The maximum absolute atomic E-state index is 14.2. The van der Waals surface area contributed by atoms with E-state index in [9.17, 15) is 41.9 Å². The molecule has 1 aromatic carbocycles. The molecule has 0 radical (unpaired) electrons. The summed E-state index contributed by atoms with van der Waals surface area (Å²) in [4.78, 5) is 66.7. The second-order valence-corrected chi connectivity index (χ2v) is 16.2. The van der Waals surface area contributed by atoms with E-state index in [2.05, 4.69) is 10.0 Å². The Labute approximate surface area is 291 Å². The molecule has 5 atom stereocenters. The number of hydrogen-bond acceptors (Lipinski definition) is 9. The summed E-state index contributed by atoms with van der Waals surface area (Å²) < 4.78 is 46.0. The number of hydrogen-bond donors (Lipinski definition) is 4. The number of nitrogens with one attached hydrogen (secondary N) is 2. The maximum atomic E-state index is 14.2. The Hall–Kier alpha value is -4.05. The largest absolute Gasteiger partial charge is 0.444 e. The lowest BCUT2D eigenvalue weighted by atomic mass is 10.0. The van der Waals surface area contributed by atoms with E-state index in [-0.39, 0.29) is 44.3 Å². The van der Waals surface area contributed by atoms with Gasteiger partial charge in [0.2, 0.25) is 27.7 Å². The van der Waals surface area contributed by atoms with Crippen LogP contribution in [-0.4, -0.2) is 88.6 Å². The number of sulfonamides is 1. The molecule has 4 aliphatic rings. The van der Waals surface area contributed by atoms with Gasteiger partial charge < -0.3 is 25.8 Å². The molecule has 1 unspecified atom stereocenters. The average molecular weight is 720 g/mol. The van der Waals surface area contributed by atoms with Gasteiger partial charge in [0.15, 0.2) is 0 Å². The number of likely N-dealkylation sites (tertiary alicyclic amines) is 1. The van der Waals surface area contributed by atoms with E-state index in [1.165, 1.54) is 29.7 Å². The Morgan fingerprint density at radius 1 is 1.12 bits per heavy atom. The van der Waals surface area contributed by atoms with Crippen LogP contribution >= 0.6 is 0 Å². The maximum Gasteiger partial charge on any atom is 0.410 e. The van der Waals surface area contributed by atoms with Gasteiger partial charge in [-0.05, 0) is 69.9 Å². The fourth-order valence-electron chi connectivity index (χ4n) is 6.38. The molecule has 2 aliphatic heterocycles. The number of aliphatic hydroxyl groups is 1. The van der Waals surface area contributed by atoms with E-state index in [1.54, 1.807) is 12.1 Å². The summed E-state index contributed by atoms with van der Waals surface area (Å²) in [5.74, 6) is -3.38. The number of halogens is 1. The van der Waals surface area contributed by atoms with Gasteiger partial charge in [-0.2, -0.15) is 0 Å². The number of nitrogens with zero attached hydrogens (tertiary/aromatic N) is 2. The first-order valence-corrected chi connectivity index (χ1v) is 18.7. The van der Waals surface area contributed by atoms with Crippen molar-refractivity contribution in [3.63, 3.8) is 0 Å². The van der Waals surface area contributed by atoms with Crippen molar-refractivity contribution in [3.8, 4) is 0 Å². The number of rotatable bonds is 15. The van der Waals surface area contributed by atoms with E-state index in [1.807, 2.05) is 12.2 Å². The summed E-state index contributed by atoms with van der Waals surface area (Å²) >= 11 is 0. The molecule has 274 valence electrons. The van der Waals surface area contributed by atoms with Crippen LogP contribution in [0, 0.1) is 17.7 Å². The fourth-order valence-corrected chi connectivity index (χ4v) is 7.74. The van der Waals surface area contributed by atoms with Crippen molar-refractivity contribution in [3.05, 3.63) is 47.3 Å². The van der Waals surface area contributed by atoms with Crippen molar-refractivity contribution >= 4 is 39.7 Å². The van der Waals surface area contributed by atoms with Gasteiger partial charge in [-0.1, -0.05) is 37.1 Å². The van der Waals surface area contributed by atoms with Gasteiger partial charge >= 0.3 is 6.09 Å². The number of carbonyl (C=O) groups excluding carboxylic acids is 5. The first kappa shape index (κ1) is 37.2. The Bertz CT molecular complexity index is 1640. The number of allylic oxidation sites excluding steroid dienone is 2. The predicted octanol–water partition coefficient (Wildman–Crippen LogP) is 1.74. The quantitative estimate of drug-likeness (QED) is 0.154. The van der Waals surface area contributed by atoms with E-state index >= 15 is 0 Å². The average Bonchev–Trinajstić information content (AvgIpc) is 3.95. The topological polar surface area (TPSA) is 206 Å². The Kier molecular flexibility index (Phi) is 11.2. The zero-order valence-corrected chi connectivity index (χ0v) is 29.1. The molecule has 0 bridgehead atoms. The summed E-state index contributed by atoms with van der Waals surface area (Å²) in [6, 6.07) is 2.42. The third-order valence-electron chi connectivity index (χ3n) is 9.61. The van der Waals surface area contributed by atoms with Crippen LogP contribution in [0.3, 0.4) is 0 Å². The van der Waals surface area contributed by atoms with Crippen LogP contribution < -0.4 is 15.8 Å². The van der Waals surface area contributed by atoms with Crippen molar-refractivity contribution in [2.24, 2.45) is 17.6 Å². The molecule has 1 aromatic rings. The Morgan fingerprint density at radius 3 is 2.52 bits per heavy atom. The Balaban J connectivity index is 1.11. The number of amides is 5. The highest BCUT2D eigenvalue weighted by molar-refractivity contribution is 7.90. The molecule has 16 heteroatoms. The molecule has 50 heavy (non-hydrogen) atoms. The number of fused-ring (bicyclic) bond motifs is 1. The van der Waals surface area contributed by atoms with Gasteiger partial charge in [0, 0.05) is 24.4 Å². The zero-order chi connectivity index (χ0) is 36.4. The van der Waals surface area contributed by atoms with Crippen LogP contribution in [0.5, 0.6) is 0 Å².